The summed E-state index contributed by atoms with van der Waals surface area (Å²) in [7, 11) is 1.86. The molecular weight excluding hydrogens is 292 g/mol. The largest absolute Gasteiger partial charge is 0.294 e. The van der Waals surface area contributed by atoms with Crippen LogP contribution in [0.4, 0.5) is 5.95 Å². The van der Waals surface area contributed by atoms with Crippen molar-refractivity contribution in [3.8, 4) is 5.69 Å². The highest BCUT2D eigenvalue weighted by Gasteiger charge is 2.12. The zero-order valence-corrected chi connectivity index (χ0v) is 13.1. The van der Waals surface area contributed by atoms with Gasteiger partial charge in [0.1, 0.15) is 5.82 Å². The van der Waals surface area contributed by atoms with Crippen molar-refractivity contribution in [3.05, 3.63) is 54.1 Å². The minimum absolute atomic E-state index is 0.0987. The van der Waals surface area contributed by atoms with E-state index in [1.807, 2.05) is 43.6 Å². The fourth-order valence-electron chi connectivity index (χ4n) is 2.29. The lowest BCUT2D eigenvalue weighted by Gasteiger charge is -2.06. The van der Waals surface area contributed by atoms with E-state index in [4.69, 9.17) is 0 Å². The van der Waals surface area contributed by atoms with Crippen LogP contribution < -0.4 is 5.32 Å². The summed E-state index contributed by atoms with van der Waals surface area (Å²) in [6.07, 6.45) is 4.68. The second-order valence-electron chi connectivity index (χ2n) is 5.30. The van der Waals surface area contributed by atoms with Crippen LogP contribution in [-0.4, -0.2) is 30.5 Å². The molecule has 0 atom stereocenters. The van der Waals surface area contributed by atoms with Crippen LogP contribution in [-0.2, 0) is 18.3 Å². The monoisotopic (exact) mass is 310 g/mol. The van der Waals surface area contributed by atoms with E-state index in [9.17, 15) is 4.79 Å². The van der Waals surface area contributed by atoms with Crippen molar-refractivity contribution in [2.24, 2.45) is 7.05 Å². The summed E-state index contributed by atoms with van der Waals surface area (Å²) >= 11 is 0. The molecule has 1 N–H and O–H groups in total. The Morgan fingerprint density at radius 3 is 2.74 bits per heavy atom. The Morgan fingerprint density at radius 2 is 2.04 bits per heavy atom. The Bertz CT molecular complexity index is 805. The van der Waals surface area contributed by atoms with E-state index in [-0.39, 0.29) is 5.91 Å². The fourth-order valence-corrected chi connectivity index (χ4v) is 2.29. The summed E-state index contributed by atoms with van der Waals surface area (Å²) in [6, 6.07) is 9.60. The highest BCUT2D eigenvalue weighted by molar-refractivity contribution is 5.89. The van der Waals surface area contributed by atoms with E-state index < -0.39 is 0 Å². The van der Waals surface area contributed by atoms with E-state index in [1.54, 1.807) is 22.5 Å². The van der Waals surface area contributed by atoms with Gasteiger partial charge in [-0.25, -0.2) is 0 Å². The molecule has 0 saturated heterocycles. The van der Waals surface area contributed by atoms with Gasteiger partial charge in [-0.05, 0) is 31.0 Å². The number of nitrogens with zero attached hydrogens (tertiary/aromatic N) is 5. The van der Waals surface area contributed by atoms with Gasteiger partial charge in [0.15, 0.2) is 0 Å². The van der Waals surface area contributed by atoms with Crippen LogP contribution in [0, 0.1) is 6.92 Å². The minimum atomic E-state index is -0.0987. The molecule has 0 bridgehead atoms. The van der Waals surface area contributed by atoms with E-state index in [0.717, 1.165) is 11.3 Å². The van der Waals surface area contributed by atoms with Gasteiger partial charge in [-0.2, -0.15) is 14.8 Å². The molecule has 0 radical (unpaired) electrons. The summed E-state index contributed by atoms with van der Waals surface area (Å²) in [5.41, 5.74) is 1.89. The second-order valence-corrected chi connectivity index (χ2v) is 5.30. The van der Waals surface area contributed by atoms with E-state index in [0.29, 0.717) is 24.6 Å². The molecule has 23 heavy (non-hydrogen) atoms. The SMILES string of the molecule is Cc1nc(NC(=O)CCc2cnn(C)c2)n(-c2ccccc2)n1. The van der Waals surface area contributed by atoms with Crippen molar-refractivity contribution in [2.75, 3.05) is 5.32 Å². The molecule has 3 rings (SSSR count). The van der Waals surface area contributed by atoms with Crippen LogP contribution in [0.2, 0.25) is 0 Å². The van der Waals surface area contributed by atoms with Crippen LogP contribution >= 0.6 is 0 Å². The number of hydrogen-bond acceptors (Lipinski definition) is 4. The molecule has 0 spiro atoms. The maximum absolute atomic E-state index is 12.2. The van der Waals surface area contributed by atoms with Gasteiger partial charge in [-0.1, -0.05) is 18.2 Å². The van der Waals surface area contributed by atoms with Crippen LogP contribution in [0.1, 0.15) is 17.8 Å². The number of aryl methyl sites for hydroxylation is 3. The van der Waals surface area contributed by atoms with Crippen molar-refractivity contribution >= 4 is 11.9 Å². The summed E-state index contributed by atoms with van der Waals surface area (Å²) in [4.78, 5) is 16.5. The topological polar surface area (TPSA) is 77.6 Å². The number of para-hydroxylation sites is 1. The number of anilines is 1. The average Bonchev–Trinajstić information content (AvgIpc) is 3.12. The molecule has 2 aromatic heterocycles. The first kappa shape index (κ1) is 15.0. The van der Waals surface area contributed by atoms with Crippen LogP contribution in [0.15, 0.2) is 42.7 Å². The standard InChI is InChI=1S/C16H18N6O/c1-12-18-16(22(20-12)14-6-4-3-5-7-14)19-15(23)9-8-13-10-17-21(2)11-13/h3-7,10-11H,8-9H2,1-2H3,(H,18,19,20,23). The van der Waals surface area contributed by atoms with Crippen LogP contribution in [0.3, 0.4) is 0 Å². The molecule has 0 aliphatic carbocycles. The Labute approximate surface area is 134 Å². The Kier molecular flexibility index (Phi) is 4.18. The maximum Gasteiger partial charge on any atom is 0.233 e. The number of hydrogen-bond donors (Lipinski definition) is 1. The zero-order valence-electron chi connectivity index (χ0n) is 13.1. The maximum atomic E-state index is 12.2. The Hall–Kier alpha value is -2.96. The third-order valence-corrected chi connectivity index (χ3v) is 3.36. The summed E-state index contributed by atoms with van der Waals surface area (Å²) < 4.78 is 3.36. The first-order chi connectivity index (χ1) is 11.1. The van der Waals surface area contributed by atoms with E-state index in [2.05, 4.69) is 20.5 Å². The lowest BCUT2D eigenvalue weighted by atomic mass is 10.2. The van der Waals surface area contributed by atoms with Crippen LogP contribution in [0.5, 0.6) is 0 Å². The molecule has 3 aromatic rings. The summed E-state index contributed by atoms with van der Waals surface area (Å²) in [6.45, 7) is 1.80. The van der Waals surface area contributed by atoms with Gasteiger partial charge in [0.05, 0.1) is 11.9 Å². The predicted molar refractivity (Wildman–Crippen MR) is 86.3 cm³/mol. The molecule has 0 aliphatic rings. The lowest BCUT2D eigenvalue weighted by Crippen LogP contribution is -2.16. The van der Waals surface area contributed by atoms with Gasteiger partial charge < -0.3 is 0 Å². The number of aromatic nitrogens is 5. The molecular formula is C16H18N6O. The number of benzene rings is 1. The number of carbonyl (C=O) groups excluding carboxylic acids is 1. The lowest BCUT2D eigenvalue weighted by molar-refractivity contribution is -0.116. The number of nitrogens with one attached hydrogen (secondary N) is 1. The predicted octanol–water partition coefficient (Wildman–Crippen LogP) is 1.88. The molecule has 1 aromatic carbocycles. The molecule has 0 aliphatic heterocycles. The Balaban J connectivity index is 1.69. The van der Waals surface area contributed by atoms with E-state index in [1.165, 1.54) is 0 Å². The Morgan fingerprint density at radius 1 is 1.26 bits per heavy atom. The third-order valence-electron chi connectivity index (χ3n) is 3.36. The smallest absolute Gasteiger partial charge is 0.233 e. The molecule has 118 valence electrons. The first-order valence-electron chi connectivity index (χ1n) is 7.38. The van der Waals surface area contributed by atoms with Gasteiger partial charge in [-0.15, -0.1) is 5.10 Å². The molecule has 7 nitrogen and oxygen atoms in total. The fraction of sp³-hybridized carbons (Fsp3) is 0.250. The summed E-state index contributed by atoms with van der Waals surface area (Å²) in [5.74, 6) is 0.944. The van der Waals surface area contributed by atoms with Crippen molar-refractivity contribution in [2.45, 2.75) is 19.8 Å². The minimum Gasteiger partial charge on any atom is -0.294 e. The average molecular weight is 310 g/mol. The van der Waals surface area contributed by atoms with Crippen molar-refractivity contribution in [1.82, 2.24) is 24.5 Å². The van der Waals surface area contributed by atoms with Gasteiger partial charge in [0.2, 0.25) is 11.9 Å². The second kappa shape index (κ2) is 6.43. The quantitative estimate of drug-likeness (QED) is 0.780. The number of amides is 1. The molecule has 7 heteroatoms. The van der Waals surface area contributed by atoms with Gasteiger partial charge >= 0.3 is 0 Å². The molecule has 2 heterocycles. The molecule has 1 amide bonds. The first-order valence-corrected chi connectivity index (χ1v) is 7.38. The van der Waals surface area contributed by atoms with Crippen molar-refractivity contribution in [3.63, 3.8) is 0 Å². The van der Waals surface area contributed by atoms with Gasteiger partial charge in [0, 0.05) is 19.7 Å². The van der Waals surface area contributed by atoms with Crippen molar-refractivity contribution in [1.29, 1.82) is 0 Å². The number of carbonyl (C=O) groups is 1. The third kappa shape index (κ3) is 3.63. The normalized spacial score (nSPS) is 10.7. The highest BCUT2D eigenvalue weighted by Crippen LogP contribution is 2.14. The van der Waals surface area contributed by atoms with E-state index >= 15 is 0 Å². The zero-order chi connectivity index (χ0) is 16.2. The highest BCUT2D eigenvalue weighted by atomic mass is 16.1. The van der Waals surface area contributed by atoms with Crippen molar-refractivity contribution < 1.29 is 4.79 Å². The molecule has 0 saturated carbocycles. The van der Waals surface area contributed by atoms with Gasteiger partial charge in [-0.3, -0.25) is 14.8 Å². The number of rotatable bonds is 5. The molecule has 0 fully saturated rings. The summed E-state index contributed by atoms with van der Waals surface area (Å²) in [5, 5.41) is 11.3. The van der Waals surface area contributed by atoms with Crippen LogP contribution in [0.25, 0.3) is 5.69 Å². The van der Waals surface area contributed by atoms with Gasteiger partial charge in [0.25, 0.3) is 0 Å². The molecule has 0 unspecified atom stereocenters.